The van der Waals surface area contributed by atoms with Gasteiger partial charge in [0.15, 0.2) is 5.65 Å². The number of fused-ring (bicyclic) bond motifs is 1. The third kappa shape index (κ3) is 3.01. The molecule has 0 atom stereocenters. The number of piperazine rings is 1. The average Bonchev–Trinajstić information content (AvgIpc) is 3.07. The summed E-state index contributed by atoms with van der Waals surface area (Å²) in [6, 6.07) is 11.7. The first-order valence-electron chi connectivity index (χ1n) is 8.72. The molecule has 7 heteroatoms. The van der Waals surface area contributed by atoms with Crippen LogP contribution >= 0.6 is 0 Å². The fraction of sp³-hybridized carbons (Fsp3) is 0.316. The lowest BCUT2D eigenvalue weighted by molar-refractivity contribution is 0.0661. The highest BCUT2D eigenvalue weighted by atomic mass is 16.2. The minimum Gasteiger partial charge on any atom is -0.336 e. The van der Waals surface area contributed by atoms with Crippen LogP contribution in [-0.2, 0) is 6.54 Å². The van der Waals surface area contributed by atoms with Crippen molar-refractivity contribution in [2.75, 3.05) is 33.2 Å². The fourth-order valence-electron chi connectivity index (χ4n) is 3.26. The first-order valence-corrected chi connectivity index (χ1v) is 8.72. The van der Waals surface area contributed by atoms with Gasteiger partial charge in [0.1, 0.15) is 5.56 Å². The second-order valence-electron chi connectivity index (χ2n) is 6.64. The van der Waals surface area contributed by atoms with E-state index in [1.54, 1.807) is 15.6 Å². The summed E-state index contributed by atoms with van der Waals surface area (Å²) in [7, 11) is 2.03. The van der Waals surface area contributed by atoms with Crippen molar-refractivity contribution in [3.05, 3.63) is 70.3 Å². The molecule has 0 saturated carbocycles. The third-order valence-electron chi connectivity index (χ3n) is 4.83. The van der Waals surface area contributed by atoms with Crippen LogP contribution in [-0.4, -0.2) is 63.1 Å². The SMILES string of the molecule is CN1CCN(C(=O)c2cnc3ccn(Cc4ccccc4)n3c2=O)CC1. The molecule has 7 nitrogen and oxygen atoms in total. The van der Waals surface area contributed by atoms with E-state index in [-0.39, 0.29) is 17.0 Å². The van der Waals surface area contributed by atoms with Crippen molar-refractivity contribution in [1.29, 1.82) is 0 Å². The molecule has 0 radical (unpaired) electrons. The predicted molar refractivity (Wildman–Crippen MR) is 98.4 cm³/mol. The van der Waals surface area contributed by atoms with E-state index in [1.807, 2.05) is 43.6 Å². The number of carbonyl (C=O) groups is 1. The van der Waals surface area contributed by atoms with E-state index < -0.39 is 0 Å². The summed E-state index contributed by atoms with van der Waals surface area (Å²) in [4.78, 5) is 34.0. The fourth-order valence-corrected chi connectivity index (χ4v) is 3.26. The Morgan fingerprint density at radius 2 is 1.81 bits per heavy atom. The highest BCUT2D eigenvalue weighted by Crippen LogP contribution is 2.08. The van der Waals surface area contributed by atoms with Crippen LogP contribution in [0, 0.1) is 0 Å². The van der Waals surface area contributed by atoms with Crippen molar-refractivity contribution >= 4 is 11.6 Å². The number of benzene rings is 1. The first kappa shape index (κ1) is 16.5. The molecule has 26 heavy (non-hydrogen) atoms. The zero-order chi connectivity index (χ0) is 18.1. The Morgan fingerprint density at radius 1 is 1.08 bits per heavy atom. The Balaban J connectivity index is 1.69. The van der Waals surface area contributed by atoms with Crippen LogP contribution in [0.2, 0.25) is 0 Å². The molecule has 3 heterocycles. The van der Waals surface area contributed by atoms with Crippen LogP contribution in [0.15, 0.2) is 53.6 Å². The van der Waals surface area contributed by atoms with Gasteiger partial charge in [0, 0.05) is 44.6 Å². The lowest BCUT2D eigenvalue weighted by Crippen LogP contribution is -2.48. The van der Waals surface area contributed by atoms with Crippen LogP contribution in [0.25, 0.3) is 5.65 Å². The number of hydrogen-bond acceptors (Lipinski definition) is 4. The van der Waals surface area contributed by atoms with E-state index in [1.165, 1.54) is 10.7 Å². The van der Waals surface area contributed by atoms with Crippen molar-refractivity contribution in [3.63, 3.8) is 0 Å². The number of nitrogens with zero attached hydrogens (tertiary/aromatic N) is 5. The number of aromatic nitrogens is 3. The van der Waals surface area contributed by atoms with Crippen molar-refractivity contribution < 1.29 is 4.79 Å². The molecule has 1 fully saturated rings. The van der Waals surface area contributed by atoms with Gasteiger partial charge in [-0.2, -0.15) is 4.52 Å². The van der Waals surface area contributed by atoms with Crippen LogP contribution in [0.1, 0.15) is 15.9 Å². The normalized spacial score (nSPS) is 15.5. The zero-order valence-electron chi connectivity index (χ0n) is 14.7. The van der Waals surface area contributed by atoms with Crippen LogP contribution in [0.4, 0.5) is 0 Å². The lowest BCUT2D eigenvalue weighted by atomic mass is 10.2. The molecule has 3 aromatic rings. The summed E-state index contributed by atoms with van der Waals surface area (Å²) in [5.41, 5.74) is 1.42. The van der Waals surface area contributed by atoms with Gasteiger partial charge in [-0.05, 0) is 12.6 Å². The third-order valence-corrected chi connectivity index (χ3v) is 4.83. The van der Waals surface area contributed by atoms with E-state index in [0.29, 0.717) is 25.3 Å². The number of rotatable bonds is 3. The Morgan fingerprint density at radius 3 is 2.54 bits per heavy atom. The predicted octanol–water partition coefficient (Wildman–Crippen LogP) is 0.932. The highest BCUT2D eigenvalue weighted by molar-refractivity contribution is 5.93. The smallest absolute Gasteiger partial charge is 0.285 e. The largest absolute Gasteiger partial charge is 0.336 e. The van der Waals surface area contributed by atoms with Gasteiger partial charge in [-0.3, -0.25) is 14.3 Å². The highest BCUT2D eigenvalue weighted by Gasteiger charge is 2.24. The summed E-state index contributed by atoms with van der Waals surface area (Å²) < 4.78 is 3.27. The molecule has 0 unspecified atom stereocenters. The van der Waals surface area contributed by atoms with E-state index in [9.17, 15) is 9.59 Å². The van der Waals surface area contributed by atoms with Gasteiger partial charge in [-0.25, -0.2) is 4.98 Å². The Hall–Kier alpha value is -2.93. The lowest BCUT2D eigenvalue weighted by Gasteiger charge is -2.32. The summed E-state index contributed by atoms with van der Waals surface area (Å²) in [5.74, 6) is -0.238. The molecular formula is C19H21N5O2. The molecule has 1 aromatic carbocycles. The molecule has 0 spiro atoms. The first-order chi connectivity index (χ1) is 12.6. The average molecular weight is 351 g/mol. The van der Waals surface area contributed by atoms with Crippen LogP contribution < -0.4 is 5.56 Å². The van der Waals surface area contributed by atoms with Crippen molar-refractivity contribution in [3.8, 4) is 0 Å². The summed E-state index contributed by atoms with van der Waals surface area (Å²) in [6.07, 6.45) is 3.23. The molecule has 0 N–H and O–H groups in total. The Bertz CT molecular complexity index is 984. The van der Waals surface area contributed by atoms with Crippen LogP contribution in [0.5, 0.6) is 0 Å². The summed E-state index contributed by atoms with van der Waals surface area (Å²) in [5, 5.41) is 0. The number of carbonyl (C=O) groups excluding carboxylic acids is 1. The maximum absolute atomic E-state index is 13.0. The van der Waals surface area contributed by atoms with Gasteiger partial charge in [0.2, 0.25) is 0 Å². The Labute approximate surface area is 151 Å². The van der Waals surface area contributed by atoms with E-state index in [2.05, 4.69) is 9.88 Å². The molecule has 0 aliphatic carbocycles. The van der Waals surface area contributed by atoms with Gasteiger partial charge >= 0.3 is 0 Å². The molecule has 1 aliphatic heterocycles. The standard InChI is InChI=1S/C19H21N5O2/c1-21-9-11-22(12-10-21)18(25)16-13-20-17-7-8-23(24(17)19(16)26)14-15-5-3-2-4-6-15/h2-8,13H,9-12,14H2,1H3. The maximum Gasteiger partial charge on any atom is 0.285 e. The maximum atomic E-state index is 13.0. The molecular weight excluding hydrogens is 330 g/mol. The van der Waals surface area contributed by atoms with Crippen molar-refractivity contribution in [2.45, 2.75) is 6.54 Å². The van der Waals surface area contributed by atoms with Crippen molar-refractivity contribution in [2.24, 2.45) is 0 Å². The summed E-state index contributed by atoms with van der Waals surface area (Å²) in [6.45, 7) is 3.42. The second kappa shape index (κ2) is 6.76. The van der Waals surface area contributed by atoms with Gasteiger partial charge in [-0.15, -0.1) is 0 Å². The van der Waals surface area contributed by atoms with E-state index >= 15 is 0 Å². The quantitative estimate of drug-likeness (QED) is 0.704. The second-order valence-corrected chi connectivity index (χ2v) is 6.64. The van der Waals surface area contributed by atoms with Crippen molar-refractivity contribution in [1.82, 2.24) is 24.0 Å². The number of amides is 1. The molecule has 1 amide bonds. The minimum absolute atomic E-state index is 0.125. The number of likely N-dealkylation sites (N-methyl/N-ethyl adjacent to an activating group) is 1. The molecule has 0 bridgehead atoms. The Kier molecular flexibility index (Phi) is 4.30. The van der Waals surface area contributed by atoms with Gasteiger partial charge in [0.25, 0.3) is 11.5 Å². The molecule has 4 rings (SSSR count). The monoisotopic (exact) mass is 351 g/mol. The molecule has 1 aliphatic rings. The van der Waals surface area contributed by atoms with E-state index in [0.717, 1.165) is 18.7 Å². The minimum atomic E-state index is -0.320. The zero-order valence-corrected chi connectivity index (χ0v) is 14.7. The topological polar surface area (TPSA) is 62.9 Å². The van der Waals surface area contributed by atoms with Gasteiger partial charge in [0.05, 0.1) is 6.54 Å². The van der Waals surface area contributed by atoms with Gasteiger partial charge in [-0.1, -0.05) is 30.3 Å². The van der Waals surface area contributed by atoms with Crippen LogP contribution in [0.3, 0.4) is 0 Å². The molecule has 1 saturated heterocycles. The number of hydrogen-bond donors (Lipinski definition) is 0. The summed E-state index contributed by atoms with van der Waals surface area (Å²) >= 11 is 0. The molecule has 134 valence electrons. The van der Waals surface area contributed by atoms with E-state index in [4.69, 9.17) is 0 Å². The molecule has 2 aromatic heterocycles. The van der Waals surface area contributed by atoms with Gasteiger partial charge < -0.3 is 9.80 Å².